The summed E-state index contributed by atoms with van der Waals surface area (Å²) in [5.74, 6) is -2.74. The van der Waals surface area contributed by atoms with Crippen LogP contribution in [-0.2, 0) is 11.4 Å². The SMILES string of the molecule is CC(C)N(C(=O)On1ccnc1)N1C(=O)c2ccc([N+]3=CN(OC(=O)N(Cc4c[nH]c5ccccc45)N4C(=O)c5ccccc5C4=O)CC3)cc2C1=O. The number of para-hydroxylation sites is 1. The molecule has 3 aliphatic heterocycles. The van der Waals surface area contributed by atoms with E-state index in [2.05, 4.69) is 9.97 Å². The van der Waals surface area contributed by atoms with E-state index >= 15 is 0 Å². The molecule has 0 saturated carbocycles. The van der Waals surface area contributed by atoms with Gasteiger partial charge in [-0.25, -0.2) is 34.0 Å². The highest BCUT2D eigenvalue weighted by Crippen LogP contribution is 2.31. The van der Waals surface area contributed by atoms with Crippen molar-refractivity contribution in [3.8, 4) is 0 Å². The number of hydrazine groups is 2. The molecule has 0 fully saturated rings. The van der Waals surface area contributed by atoms with E-state index in [1.54, 1.807) is 42.8 Å². The number of aromatic amines is 1. The number of rotatable bonds is 8. The molecule has 1 N–H and O–H groups in total. The van der Waals surface area contributed by atoms with Crippen LogP contribution in [0.5, 0.6) is 0 Å². The highest BCUT2D eigenvalue weighted by Gasteiger charge is 2.45. The quantitative estimate of drug-likeness (QED) is 0.185. The molecule has 8 rings (SSSR count). The van der Waals surface area contributed by atoms with Crippen LogP contribution in [0.1, 0.15) is 60.8 Å². The summed E-state index contributed by atoms with van der Waals surface area (Å²) in [4.78, 5) is 99.0. The number of hydrogen-bond acceptors (Lipinski definition) is 10. The molecule has 5 aromatic rings. The summed E-state index contributed by atoms with van der Waals surface area (Å²) in [6.45, 7) is 3.60. The number of benzene rings is 3. The highest BCUT2D eigenvalue weighted by atomic mass is 16.7. The molecule has 3 aromatic carbocycles. The maximum atomic E-state index is 13.9. The van der Waals surface area contributed by atoms with Crippen LogP contribution in [0.2, 0.25) is 0 Å². The Kier molecular flexibility index (Phi) is 7.93. The van der Waals surface area contributed by atoms with Crippen LogP contribution >= 0.6 is 0 Å². The lowest BCUT2D eigenvalue weighted by molar-refractivity contribution is -0.424. The Labute approximate surface area is 300 Å². The van der Waals surface area contributed by atoms with E-state index in [0.29, 0.717) is 17.8 Å². The number of nitrogens with one attached hydrogen (secondary N) is 1. The molecule has 0 saturated heterocycles. The molecule has 6 amide bonds. The Morgan fingerprint density at radius 1 is 0.849 bits per heavy atom. The van der Waals surface area contributed by atoms with Crippen molar-refractivity contribution >= 4 is 58.7 Å². The molecule has 5 heterocycles. The van der Waals surface area contributed by atoms with E-state index < -0.39 is 41.9 Å². The molecule has 0 bridgehead atoms. The van der Waals surface area contributed by atoms with Gasteiger partial charge in [-0.3, -0.25) is 19.2 Å². The number of H-pyrrole nitrogens is 1. The fourth-order valence-electron chi connectivity index (χ4n) is 6.47. The monoisotopic (exact) mass is 716 g/mol. The summed E-state index contributed by atoms with van der Waals surface area (Å²) < 4.78 is 2.75. The van der Waals surface area contributed by atoms with Crippen molar-refractivity contribution in [3.05, 3.63) is 119 Å². The summed E-state index contributed by atoms with van der Waals surface area (Å²) in [5.41, 5.74) is 2.46. The van der Waals surface area contributed by atoms with Crippen molar-refractivity contribution in [2.24, 2.45) is 0 Å². The van der Waals surface area contributed by atoms with Gasteiger partial charge in [0.1, 0.15) is 18.6 Å². The second-order valence-electron chi connectivity index (χ2n) is 12.6. The molecule has 17 heteroatoms. The van der Waals surface area contributed by atoms with Gasteiger partial charge in [0, 0.05) is 23.3 Å². The summed E-state index contributed by atoms with van der Waals surface area (Å²) >= 11 is 0. The van der Waals surface area contributed by atoms with Crippen molar-refractivity contribution in [3.63, 3.8) is 0 Å². The van der Waals surface area contributed by atoms with Gasteiger partial charge in [-0.1, -0.05) is 35.4 Å². The Morgan fingerprint density at radius 2 is 1.53 bits per heavy atom. The standard InChI is InChI=1S/C36H30N9O8/c1-22(2)43(36(51)53-40-14-13-37-20-40)45-33(48)28-12-11-24(17-29(28)34(45)49)39-15-16-41(21-39)52-35(50)42(19-23-18-38-30-10-6-5-7-25(23)30)44-31(46)26-8-3-4-9-27(26)32(44)47/h3-14,17-18,20-22,38H,15-16,19H2,1-2H3/q+1. The van der Waals surface area contributed by atoms with E-state index in [-0.39, 0.29) is 35.3 Å². The maximum Gasteiger partial charge on any atom is 0.474 e. The minimum atomic E-state index is -0.982. The first kappa shape index (κ1) is 32.9. The lowest BCUT2D eigenvalue weighted by Crippen LogP contribution is -2.54. The Morgan fingerprint density at radius 3 is 2.25 bits per heavy atom. The fraction of sp³-hybridized carbons (Fsp3) is 0.167. The Bertz CT molecular complexity index is 2350. The molecule has 3 aliphatic rings. The number of nitrogens with zero attached hydrogens (tertiary/aromatic N) is 8. The molecule has 53 heavy (non-hydrogen) atoms. The van der Waals surface area contributed by atoms with Crippen molar-refractivity contribution in [1.29, 1.82) is 0 Å². The van der Waals surface area contributed by atoms with Gasteiger partial charge in [0.2, 0.25) is 0 Å². The lowest BCUT2D eigenvalue weighted by atomic mass is 10.1. The average molecular weight is 717 g/mol. The smallest absolute Gasteiger partial charge is 0.361 e. The summed E-state index contributed by atoms with van der Waals surface area (Å²) in [7, 11) is 0. The first-order valence-corrected chi connectivity index (χ1v) is 16.5. The summed E-state index contributed by atoms with van der Waals surface area (Å²) in [6, 6.07) is 17.8. The number of hydroxylamine groups is 2. The second kappa shape index (κ2) is 12.8. The predicted molar refractivity (Wildman–Crippen MR) is 183 cm³/mol. The van der Waals surface area contributed by atoms with E-state index in [0.717, 1.165) is 35.7 Å². The van der Waals surface area contributed by atoms with Gasteiger partial charge < -0.3 is 9.82 Å². The van der Waals surface area contributed by atoms with Crippen molar-refractivity contribution in [1.82, 2.24) is 39.8 Å². The minimum absolute atomic E-state index is 0.0629. The van der Waals surface area contributed by atoms with Gasteiger partial charge in [0.15, 0.2) is 6.54 Å². The molecule has 2 aromatic heterocycles. The molecule has 266 valence electrons. The van der Waals surface area contributed by atoms with Crippen LogP contribution in [-0.4, -0.2) is 106 Å². The third kappa shape index (κ3) is 5.59. The number of hydrogen-bond donors (Lipinski definition) is 1. The van der Waals surface area contributed by atoms with Gasteiger partial charge in [-0.2, -0.15) is 14.7 Å². The van der Waals surface area contributed by atoms with Gasteiger partial charge in [-0.15, -0.1) is 0 Å². The van der Waals surface area contributed by atoms with Crippen molar-refractivity contribution < 1.29 is 43.0 Å². The normalized spacial score (nSPS) is 15.0. The zero-order valence-corrected chi connectivity index (χ0v) is 28.3. The zero-order valence-electron chi connectivity index (χ0n) is 28.3. The maximum absolute atomic E-state index is 13.9. The Balaban J connectivity index is 1.03. The van der Waals surface area contributed by atoms with Crippen LogP contribution in [0.25, 0.3) is 10.9 Å². The predicted octanol–water partition coefficient (Wildman–Crippen LogP) is 3.59. The Hall–Kier alpha value is -7.30. The number of carbonyl (C=O) groups is 6. The number of imidazole rings is 1. The fourth-order valence-corrected chi connectivity index (χ4v) is 6.47. The van der Waals surface area contributed by atoms with Crippen LogP contribution in [0.3, 0.4) is 0 Å². The first-order chi connectivity index (χ1) is 25.6. The van der Waals surface area contributed by atoms with Crippen molar-refractivity contribution in [2.75, 3.05) is 13.1 Å². The molecule has 0 radical (unpaired) electrons. The van der Waals surface area contributed by atoms with Gasteiger partial charge in [0.05, 0.1) is 41.0 Å². The largest absolute Gasteiger partial charge is 0.474 e. The number of fused-ring (bicyclic) bond motifs is 3. The van der Waals surface area contributed by atoms with Gasteiger partial charge in [-0.05, 0) is 55.8 Å². The zero-order chi connectivity index (χ0) is 37.0. The third-order valence-corrected chi connectivity index (χ3v) is 8.98. The summed E-state index contributed by atoms with van der Waals surface area (Å²) in [5, 5.41) is 5.51. The number of amides is 6. The molecular weight excluding hydrogens is 686 g/mol. The van der Waals surface area contributed by atoms with Crippen molar-refractivity contribution in [2.45, 2.75) is 26.4 Å². The lowest BCUT2D eigenvalue weighted by Gasteiger charge is -2.31. The van der Waals surface area contributed by atoms with E-state index in [9.17, 15) is 28.8 Å². The van der Waals surface area contributed by atoms with E-state index in [4.69, 9.17) is 9.68 Å². The third-order valence-electron chi connectivity index (χ3n) is 8.98. The minimum Gasteiger partial charge on any atom is -0.361 e. The molecule has 0 unspecified atom stereocenters. The molecule has 0 spiro atoms. The summed E-state index contributed by atoms with van der Waals surface area (Å²) in [6.07, 6.45) is 5.31. The number of imide groups is 2. The molecular formula is C36H30N9O8+. The molecule has 0 aliphatic carbocycles. The second-order valence-corrected chi connectivity index (χ2v) is 12.6. The molecule has 17 nitrogen and oxygen atoms in total. The van der Waals surface area contributed by atoms with Gasteiger partial charge in [0.25, 0.3) is 30.0 Å². The van der Waals surface area contributed by atoms with Crippen LogP contribution in [0.4, 0.5) is 15.3 Å². The number of carbonyl (C=O) groups excluding carboxylic acids is 6. The van der Waals surface area contributed by atoms with E-state index in [1.165, 1.54) is 54.4 Å². The van der Waals surface area contributed by atoms with Crippen LogP contribution in [0, 0.1) is 0 Å². The van der Waals surface area contributed by atoms with E-state index in [1.807, 2.05) is 24.3 Å². The van der Waals surface area contributed by atoms with Gasteiger partial charge >= 0.3 is 12.2 Å². The molecule has 0 atom stereocenters. The highest BCUT2D eigenvalue weighted by molar-refractivity contribution is 6.22. The average Bonchev–Trinajstić information content (AvgIpc) is 3.99. The topological polar surface area (TPSA) is 174 Å². The first-order valence-electron chi connectivity index (χ1n) is 16.5. The van der Waals surface area contributed by atoms with Crippen LogP contribution in [0.15, 0.2) is 91.6 Å². The van der Waals surface area contributed by atoms with Crippen LogP contribution < -0.4 is 4.84 Å². The number of aromatic nitrogens is 3.